The molecule has 1 rings (SSSR count). The lowest BCUT2D eigenvalue weighted by Gasteiger charge is -2.30. The van der Waals surface area contributed by atoms with Gasteiger partial charge in [-0.15, -0.1) is 0 Å². The first-order valence-electron chi connectivity index (χ1n) is 3.79. The predicted molar refractivity (Wildman–Crippen MR) is 50.1 cm³/mol. The Hall–Kier alpha value is 0.730. The van der Waals surface area contributed by atoms with E-state index in [4.69, 9.17) is 0 Å². The summed E-state index contributed by atoms with van der Waals surface area (Å²) in [5.74, 6) is 0.993. The second-order valence-corrected chi connectivity index (χ2v) is 6.20. The van der Waals surface area contributed by atoms with Crippen molar-refractivity contribution in [3.05, 3.63) is 0 Å². The lowest BCUT2D eigenvalue weighted by molar-refractivity contribution is 0.346. The smallest absolute Gasteiger partial charge is 0.0194 e. The van der Waals surface area contributed by atoms with Crippen molar-refractivity contribution in [3.63, 3.8) is 0 Å². The van der Waals surface area contributed by atoms with Crippen LogP contribution >= 0.6 is 22.6 Å². The molecule has 0 aromatic heterocycles. The maximum atomic E-state index is 2.60. The van der Waals surface area contributed by atoms with Gasteiger partial charge in [-0.2, -0.15) is 0 Å². The Bertz CT molecular complexity index is 86.7. The zero-order chi connectivity index (χ0) is 6.91. The number of halogens is 1. The molecule has 0 saturated heterocycles. The van der Waals surface area contributed by atoms with Crippen LogP contribution in [0.25, 0.3) is 0 Å². The highest BCUT2D eigenvalue weighted by molar-refractivity contribution is 14.1. The van der Waals surface area contributed by atoms with E-state index in [9.17, 15) is 0 Å². The van der Waals surface area contributed by atoms with E-state index >= 15 is 0 Å². The summed E-state index contributed by atoms with van der Waals surface area (Å²) in [6.07, 6.45) is 5.74. The van der Waals surface area contributed by atoms with Crippen molar-refractivity contribution < 1.29 is 0 Å². The van der Waals surface area contributed by atoms with Crippen LogP contribution in [0.2, 0.25) is 0 Å². The molecule has 1 saturated carbocycles. The molecule has 0 aliphatic heterocycles. The van der Waals surface area contributed by atoms with Gasteiger partial charge in [0, 0.05) is 3.42 Å². The Morgan fingerprint density at radius 3 is 2.11 bits per heavy atom. The van der Waals surface area contributed by atoms with Gasteiger partial charge in [0.25, 0.3) is 0 Å². The van der Waals surface area contributed by atoms with Gasteiger partial charge in [-0.1, -0.05) is 36.4 Å². The summed E-state index contributed by atoms with van der Waals surface area (Å²) >= 11 is 2.60. The number of hydrogen-bond donors (Lipinski definition) is 0. The third-order valence-electron chi connectivity index (χ3n) is 2.32. The normalized spacial score (nSPS) is 45.0. The van der Waals surface area contributed by atoms with Gasteiger partial charge < -0.3 is 0 Å². The van der Waals surface area contributed by atoms with Gasteiger partial charge in [0.2, 0.25) is 0 Å². The van der Waals surface area contributed by atoms with Gasteiger partial charge in [0.05, 0.1) is 0 Å². The molecule has 0 heterocycles. The van der Waals surface area contributed by atoms with E-state index in [0.717, 1.165) is 5.92 Å². The van der Waals surface area contributed by atoms with E-state index in [1.165, 1.54) is 25.7 Å². The number of alkyl halides is 1. The van der Waals surface area contributed by atoms with E-state index in [1.54, 1.807) is 0 Å². The molecule has 0 aromatic carbocycles. The summed E-state index contributed by atoms with van der Waals surface area (Å²) in [4.78, 5) is 0. The highest BCUT2D eigenvalue weighted by Crippen LogP contribution is 2.37. The van der Waals surface area contributed by atoms with Crippen molar-refractivity contribution in [1.82, 2.24) is 0 Å². The first-order chi connectivity index (χ1) is 4.10. The molecule has 0 nitrogen and oxygen atoms in total. The molecule has 0 amide bonds. The fraction of sp³-hybridized carbons (Fsp3) is 1.00. The molecular formula is C8H15I. The van der Waals surface area contributed by atoms with Gasteiger partial charge in [-0.05, 0) is 31.6 Å². The first kappa shape index (κ1) is 7.83. The molecular weight excluding hydrogens is 223 g/mol. The molecule has 1 aliphatic carbocycles. The summed E-state index contributed by atoms with van der Waals surface area (Å²) in [7, 11) is 0. The molecule has 0 spiro atoms. The predicted octanol–water partition coefficient (Wildman–Crippen LogP) is 3.39. The largest absolute Gasteiger partial charge is 0.0792 e. The molecule has 54 valence electrons. The van der Waals surface area contributed by atoms with Crippen LogP contribution in [0.1, 0.15) is 39.5 Å². The summed E-state index contributed by atoms with van der Waals surface area (Å²) in [5.41, 5.74) is 0. The second-order valence-electron chi connectivity index (χ2n) is 3.60. The summed E-state index contributed by atoms with van der Waals surface area (Å²) in [6.45, 7) is 4.74. The molecule has 0 unspecified atom stereocenters. The summed E-state index contributed by atoms with van der Waals surface area (Å²) in [6, 6.07) is 0. The molecule has 1 fully saturated rings. The molecule has 1 aliphatic rings. The quantitative estimate of drug-likeness (QED) is 0.448. The van der Waals surface area contributed by atoms with Crippen molar-refractivity contribution in [2.45, 2.75) is 43.0 Å². The fourth-order valence-corrected chi connectivity index (χ4v) is 1.99. The average molecular weight is 238 g/mol. The Morgan fingerprint density at radius 2 is 1.78 bits per heavy atom. The van der Waals surface area contributed by atoms with Crippen LogP contribution in [0, 0.1) is 5.92 Å². The van der Waals surface area contributed by atoms with Crippen molar-refractivity contribution in [1.29, 1.82) is 0 Å². The van der Waals surface area contributed by atoms with E-state index < -0.39 is 0 Å². The van der Waals surface area contributed by atoms with Crippen LogP contribution in [0.15, 0.2) is 0 Å². The van der Waals surface area contributed by atoms with Gasteiger partial charge in [0.1, 0.15) is 0 Å². The minimum Gasteiger partial charge on any atom is -0.0792 e. The third-order valence-corrected chi connectivity index (χ3v) is 3.40. The van der Waals surface area contributed by atoms with E-state index in [-0.39, 0.29) is 0 Å². The first-order valence-corrected chi connectivity index (χ1v) is 4.87. The lowest BCUT2D eigenvalue weighted by atomic mass is 9.84. The minimum atomic E-state index is 0.629. The Kier molecular flexibility index (Phi) is 2.41. The van der Waals surface area contributed by atoms with Gasteiger partial charge in [-0.25, -0.2) is 0 Å². The zero-order valence-electron chi connectivity index (χ0n) is 6.28. The number of hydrogen-bond acceptors (Lipinski definition) is 0. The highest BCUT2D eigenvalue weighted by Gasteiger charge is 2.25. The Morgan fingerprint density at radius 1 is 1.33 bits per heavy atom. The van der Waals surface area contributed by atoms with Crippen LogP contribution in [-0.4, -0.2) is 3.42 Å². The SMILES string of the molecule is C[C@H]1CC[C@@](C)(I)CC1. The summed E-state index contributed by atoms with van der Waals surface area (Å²) in [5, 5.41) is 0. The van der Waals surface area contributed by atoms with Crippen LogP contribution in [0.5, 0.6) is 0 Å². The average Bonchev–Trinajstić information content (AvgIpc) is 1.78. The molecule has 0 bridgehead atoms. The Balaban J connectivity index is 2.35. The maximum Gasteiger partial charge on any atom is 0.0194 e. The maximum absolute atomic E-state index is 2.60. The standard InChI is InChI=1S/C8H15I/c1-7-3-5-8(2,9)6-4-7/h7H,3-6H2,1-2H3/t7-,8+. The fourth-order valence-electron chi connectivity index (χ4n) is 1.36. The minimum absolute atomic E-state index is 0.629. The molecule has 0 atom stereocenters. The Labute approximate surface area is 71.5 Å². The summed E-state index contributed by atoms with van der Waals surface area (Å²) < 4.78 is 0.629. The third kappa shape index (κ3) is 2.44. The van der Waals surface area contributed by atoms with Crippen molar-refractivity contribution in [2.24, 2.45) is 5.92 Å². The zero-order valence-corrected chi connectivity index (χ0v) is 8.44. The number of rotatable bonds is 0. The van der Waals surface area contributed by atoms with Crippen molar-refractivity contribution in [3.8, 4) is 0 Å². The van der Waals surface area contributed by atoms with E-state index in [1.807, 2.05) is 0 Å². The molecule has 0 radical (unpaired) electrons. The van der Waals surface area contributed by atoms with E-state index in [2.05, 4.69) is 36.4 Å². The van der Waals surface area contributed by atoms with Crippen molar-refractivity contribution in [2.75, 3.05) is 0 Å². The van der Waals surface area contributed by atoms with Crippen molar-refractivity contribution >= 4 is 22.6 Å². The van der Waals surface area contributed by atoms with Crippen LogP contribution < -0.4 is 0 Å². The molecule has 9 heavy (non-hydrogen) atoms. The van der Waals surface area contributed by atoms with Gasteiger partial charge >= 0.3 is 0 Å². The van der Waals surface area contributed by atoms with Crippen LogP contribution in [0.3, 0.4) is 0 Å². The monoisotopic (exact) mass is 238 g/mol. The van der Waals surface area contributed by atoms with Crippen LogP contribution in [0.4, 0.5) is 0 Å². The second kappa shape index (κ2) is 2.77. The van der Waals surface area contributed by atoms with Crippen LogP contribution in [-0.2, 0) is 0 Å². The van der Waals surface area contributed by atoms with Gasteiger partial charge in [-0.3, -0.25) is 0 Å². The molecule has 0 aromatic rings. The topological polar surface area (TPSA) is 0 Å². The van der Waals surface area contributed by atoms with Gasteiger partial charge in [0.15, 0.2) is 0 Å². The van der Waals surface area contributed by atoms with E-state index in [0.29, 0.717) is 3.42 Å². The lowest BCUT2D eigenvalue weighted by Crippen LogP contribution is -2.22. The molecule has 1 heteroatoms. The molecule has 0 N–H and O–H groups in total. The highest BCUT2D eigenvalue weighted by atomic mass is 127.